The number of carbonyl (C=O) groups is 3. The topological polar surface area (TPSA) is 130 Å². The van der Waals surface area contributed by atoms with E-state index >= 15 is 0 Å². The zero-order valence-electron chi connectivity index (χ0n) is 11.8. The molecule has 1 aromatic rings. The van der Waals surface area contributed by atoms with E-state index in [1.807, 2.05) is 0 Å². The van der Waals surface area contributed by atoms with Crippen LogP contribution in [0.25, 0.3) is 6.08 Å². The number of carbonyl (C=O) groups excluding carboxylic acids is 3. The van der Waals surface area contributed by atoms with E-state index in [0.717, 1.165) is 6.08 Å². The van der Waals surface area contributed by atoms with Crippen LogP contribution in [-0.2, 0) is 23.9 Å². The van der Waals surface area contributed by atoms with Gasteiger partial charge in [-0.25, -0.2) is 9.59 Å². The molecule has 0 spiro atoms. The number of phenols is 1. The quantitative estimate of drug-likeness (QED) is 0.364. The number of aliphatic hydroxyl groups excluding tert-OH is 2. The Kier molecular flexibility index (Phi) is 4.77. The second kappa shape index (κ2) is 6.59. The van der Waals surface area contributed by atoms with E-state index in [-0.39, 0.29) is 11.3 Å². The maximum Gasteiger partial charge on any atom is 0.362 e. The third-order valence-corrected chi connectivity index (χ3v) is 3.25. The number of hydrogen-bond acceptors (Lipinski definition) is 8. The van der Waals surface area contributed by atoms with Crippen LogP contribution < -0.4 is 0 Å². The molecule has 1 saturated heterocycles. The van der Waals surface area contributed by atoms with E-state index in [1.54, 1.807) is 12.1 Å². The van der Waals surface area contributed by atoms with Gasteiger partial charge in [0, 0.05) is 5.56 Å². The van der Waals surface area contributed by atoms with Gasteiger partial charge in [0.05, 0.1) is 6.61 Å². The number of hydrogen-bond donors (Lipinski definition) is 3. The molecule has 0 saturated carbocycles. The maximum absolute atomic E-state index is 12.2. The average molecular weight is 322 g/mol. The Balaban J connectivity index is 2.26. The highest BCUT2D eigenvalue weighted by atomic mass is 16.7. The van der Waals surface area contributed by atoms with Crippen LogP contribution in [0.1, 0.15) is 5.56 Å². The predicted octanol–water partition coefficient (Wildman–Crippen LogP) is -0.834. The molecule has 3 N–H and O–H groups in total. The molecule has 0 aliphatic carbocycles. The molecule has 1 aliphatic rings. The minimum absolute atomic E-state index is 0.0989. The SMILES string of the molecule is O=C1OC(CO)(C(=O)/C=C/c2ccccc2O)C(=O)OC1CO. The number of phenolic OH excluding ortho intramolecular Hbond substituents is 1. The van der Waals surface area contributed by atoms with Crippen LogP contribution in [0.3, 0.4) is 0 Å². The Labute approximate surface area is 130 Å². The Bertz CT molecular complexity index is 665. The fraction of sp³-hybridized carbons (Fsp3) is 0.267. The predicted molar refractivity (Wildman–Crippen MR) is 75.0 cm³/mol. The van der Waals surface area contributed by atoms with Gasteiger partial charge >= 0.3 is 11.9 Å². The monoisotopic (exact) mass is 322 g/mol. The minimum Gasteiger partial charge on any atom is -0.507 e. The molecular weight excluding hydrogens is 308 g/mol. The van der Waals surface area contributed by atoms with Crippen molar-refractivity contribution in [2.24, 2.45) is 0 Å². The molecule has 0 radical (unpaired) electrons. The Hall–Kier alpha value is -2.71. The van der Waals surface area contributed by atoms with Crippen molar-refractivity contribution in [3.05, 3.63) is 35.9 Å². The summed E-state index contributed by atoms with van der Waals surface area (Å²) in [4.78, 5) is 35.7. The molecule has 2 atom stereocenters. The first-order chi connectivity index (χ1) is 10.9. The average Bonchev–Trinajstić information content (AvgIpc) is 2.55. The van der Waals surface area contributed by atoms with Crippen LogP contribution in [0, 0.1) is 0 Å². The van der Waals surface area contributed by atoms with Crippen molar-refractivity contribution >= 4 is 23.8 Å². The number of para-hydroxylation sites is 1. The van der Waals surface area contributed by atoms with E-state index < -0.39 is 42.6 Å². The van der Waals surface area contributed by atoms with Crippen molar-refractivity contribution in [1.82, 2.24) is 0 Å². The number of ketones is 1. The Morgan fingerprint density at radius 3 is 2.57 bits per heavy atom. The first-order valence-corrected chi connectivity index (χ1v) is 6.61. The molecule has 0 bridgehead atoms. The van der Waals surface area contributed by atoms with E-state index in [1.165, 1.54) is 18.2 Å². The highest BCUT2D eigenvalue weighted by molar-refractivity contribution is 6.16. The lowest BCUT2D eigenvalue weighted by Crippen LogP contribution is -2.60. The molecule has 0 amide bonds. The van der Waals surface area contributed by atoms with Crippen molar-refractivity contribution in [1.29, 1.82) is 0 Å². The second-order valence-electron chi connectivity index (χ2n) is 4.74. The summed E-state index contributed by atoms with van der Waals surface area (Å²) in [6.45, 7) is -1.91. The summed E-state index contributed by atoms with van der Waals surface area (Å²) in [5.74, 6) is -3.54. The molecule has 23 heavy (non-hydrogen) atoms. The fourth-order valence-corrected chi connectivity index (χ4v) is 1.92. The molecule has 122 valence electrons. The van der Waals surface area contributed by atoms with Crippen molar-refractivity contribution in [3.8, 4) is 5.75 Å². The third-order valence-electron chi connectivity index (χ3n) is 3.25. The molecule has 1 aliphatic heterocycles. The summed E-state index contributed by atoms with van der Waals surface area (Å²) in [7, 11) is 0. The van der Waals surface area contributed by atoms with Crippen molar-refractivity contribution in [2.45, 2.75) is 11.7 Å². The zero-order valence-corrected chi connectivity index (χ0v) is 11.8. The van der Waals surface area contributed by atoms with Crippen LogP contribution in [0.4, 0.5) is 0 Å². The van der Waals surface area contributed by atoms with E-state index in [0.29, 0.717) is 0 Å². The lowest BCUT2D eigenvalue weighted by molar-refractivity contribution is -0.216. The number of cyclic esters (lactones) is 2. The Morgan fingerprint density at radius 1 is 1.26 bits per heavy atom. The van der Waals surface area contributed by atoms with Gasteiger partial charge in [0.25, 0.3) is 5.60 Å². The first-order valence-electron chi connectivity index (χ1n) is 6.61. The molecule has 2 unspecified atom stereocenters. The smallest absolute Gasteiger partial charge is 0.362 e. The highest BCUT2D eigenvalue weighted by Crippen LogP contribution is 2.24. The van der Waals surface area contributed by atoms with Crippen LogP contribution in [-0.4, -0.2) is 58.0 Å². The minimum atomic E-state index is -2.51. The van der Waals surface area contributed by atoms with Crippen molar-refractivity contribution in [3.63, 3.8) is 0 Å². The second-order valence-corrected chi connectivity index (χ2v) is 4.74. The summed E-state index contributed by atoms with van der Waals surface area (Å²) < 4.78 is 9.36. The number of benzene rings is 1. The summed E-state index contributed by atoms with van der Waals surface area (Å²) in [5, 5.41) is 27.8. The van der Waals surface area contributed by atoms with Crippen molar-refractivity contribution in [2.75, 3.05) is 13.2 Å². The van der Waals surface area contributed by atoms with Crippen LogP contribution in [0.2, 0.25) is 0 Å². The van der Waals surface area contributed by atoms with Gasteiger partial charge in [0.15, 0.2) is 0 Å². The standard InChI is InChI=1S/C15H14O8/c16-7-11-13(20)23-15(8-17,14(21)22-11)12(19)6-5-9-3-1-2-4-10(9)18/h1-6,11,16-18H,7-8H2/b6-5+. The number of rotatable bonds is 5. The fourth-order valence-electron chi connectivity index (χ4n) is 1.92. The van der Waals surface area contributed by atoms with Crippen LogP contribution in [0.15, 0.2) is 30.3 Å². The molecule has 2 rings (SSSR count). The summed E-state index contributed by atoms with van der Waals surface area (Å²) in [6, 6.07) is 6.11. The third kappa shape index (κ3) is 3.08. The van der Waals surface area contributed by atoms with Crippen molar-refractivity contribution < 1.29 is 39.2 Å². The Morgan fingerprint density at radius 2 is 1.96 bits per heavy atom. The summed E-state index contributed by atoms with van der Waals surface area (Å²) in [6.07, 6.45) is 0.560. The lowest BCUT2D eigenvalue weighted by Gasteiger charge is -2.33. The van der Waals surface area contributed by atoms with Gasteiger partial charge < -0.3 is 24.8 Å². The highest BCUT2D eigenvalue weighted by Gasteiger charge is 2.55. The van der Waals surface area contributed by atoms with Gasteiger partial charge in [-0.05, 0) is 18.2 Å². The molecule has 1 aromatic carbocycles. The molecule has 0 aromatic heterocycles. The van der Waals surface area contributed by atoms with E-state index in [9.17, 15) is 24.6 Å². The van der Waals surface area contributed by atoms with E-state index in [2.05, 4.69) is 4.74 Å². The summed E-state index contributed by atoms with van der Waals surface area (Å²) in [5.41, 5.74) is -2.22. The summed E-state index contributed by atoms with van der Waals surface area (Å²) >= 11 is 0. The zero-order chi connectivity index (χ0) is 17.0. The number of esters is 2. The lowest BCUT2D eigenvalue weighted by atomic mass is 9.96. The van der Waals surface area contributed by atoms with Crippen LogP contribution >= 0.6 is 0 Å². The van der Waals surface area contributed by atoms with Crippen LogP contribution in [0.5, 0.6) is 5.75 Å². The van der Waals surface area contributed by atoms with Gasteiger partial charge in [-0.15, -0.1) is 0 Å². The van der Waals surface area contributed by atoms with Gasteiger partial charge in [-0.2, -0.15) is 0 Å². The molecular formula is C15H14O8. The largest absolute Gasteiger partial charge is 0.507 e. The normalized spacial score (nSPS) is 24.3. The van der Waals surface area contributed by atoms with Gasteiger partial charge in [0.2, 0.25) is 11.9 Å². The molecule has 1 heterocycles. The van der Waals surface area contributed by atoms with Gasteiger partial charge in [-0.1, -0.05) is 18.2 Å². The molecule has 8 nitrogen and oxygen atoms in total. The van der Waals surface area contributed by atoms with Gasteiger partial charge in [-0.3, -0.25) is 4.79 Å². The van der Waals surface area contributed by atoms with E-state index in [4.69, 9.17) is 9.84 Å². The van der Waals surface area contributed by atoms with Gasteiger partial charge in [0.1, 0.15) is 12.4 Å². The molecule has 1 fully saturated rings. The number of aliphatic hydroxyl groups is 2. The molecule has 8 heteroatoms. The number of ether oxygens (including phenoxy) is 2. The number of aromatic hydroxyl groups is 1. The first kappa shape index (κ1) is 16.7. The maximum atomic E-state index is 12.2.